The van der Waals surface area contributed by atoms with Crippen LogP contribution in [0.5, 0.6) is 0 Å². The Morgan fingerprint density at radius 2 is 1.69 bits per heavy atom. The molecule has 2 fully saturated rings. The highest BCUT2D eigenvalue weighted by Crippen LogP contribution is 2.34. The molecule has 0 unspecified atom stereocenters. The van der Waals surface area contributed by atoms with Crippen molar-refractivity contribution in [2.24, 2.45) is 0 Å². The molecule has 13 heavy (non-hydrogen) atoms. The standard InChI is InChI=1S/C7H13NO5/c9-2-1-7(13)6(12)5(11)4(10)3(2)8-7/h2-6,8-13H,1H2/t2-,3-,4+,5-,6+,7-/m1/s1. The van der Waals surface area contributed by atoms with E-state index < -0.39 is 36.2 Å². The monoisotopic (exact) mass is 191 g/mol. The van der Waals surface area contributed by atoms with E-state index in [9.17, 15) is 25.5 Å². The Morgan fingerprint density at radius 1 is 1.08 bits per heavy atom. The molecule has 76 valence electrons. The summed E-state index contributed by atoms with van der Waals surface area (Å²) >= 11 is 0. The van der Waals surface area contributed by atoms with Crippen LogP contribution >= 0.6 is 0 Å². The largest absolute Gasteiger partial charge is 0.391 e. The number of rotatable bonds is 0. The number of hydrogen-bond acceptors (Lipinski definition) is 6. The Hall–Kier alpha value is -0.240. The predicted octanol–water partition coefficient (Wildman–Crippen LogP) is -3.51. The van der Waals surface area contributed by atoms with Crippen molar-refractivity contribution in [2.75, 3.05) is 0 Å². The zero-order valence-electron chi connectivity index (χ0n) is 6.83. The highest BCUT2D eigenvalue weighted by Gasteiger charge is 2.58. The van der Waals surface area contributed by atoms with Gasteiger partial charge in [0.1, 0.15) is 24.0 Å². The van der Waals surface area contributed by atoms with Gasteiger partial charge >= 0.3 is 0 Å². The average molecular weight is 191 g/mol. The Morgan fingerprint density at radius 3 is 2.31 bits per heavy atom. The van der Waals surface area contributed by atoms with Crippen molar-refractivity contribution >= 4 is 0 Å². The maximum atomic E-state index is 9.66. The molecule has 6 heteroatoms. The van der Waals surface area contributed by atoms with E-state index in [-0.39, 0.29) is 6.42 Å². The van der Waals surface area contributed by atoms with Crippen molar-refractivity contribution in [1.82, 2.24) is 5.32 Å². The van der Waals surface area contributed by atoms with E-state index in [2.05, 4.69) is 5.32 Å². The van der Waals surface area contributed by atoms with Gasteiger partial charge in [-0.25, -0.2) is 0 Å². The van der Waals surface area contributed by atoms with E-state index in [4.69, 9.17) is 0 Å². The summed E-state index contributed by atoms with van der Waals surface area (Å²) in [5.74, 6) is 0. The quantitative estimate of drug-likeness (QED) is 0.237. The van der Waals surface area contributed by atoms with Gasteiger partial charge in [-0.3, -0.25) is 5.32 Å². The van der Waals surface area contributed by atoms with Gasteiger partial charge in [0.05, 0.1) is 12.1 Å². The summed E-state index contributed by atoms with van der Waals surface area (Å²) in [6, 6.07) is -0.775. The van der Waals surface area contributed by atoms with Crippen molar-refractivity contribution in [3.63, 3.8) is 0 Å². The van der Waals surface area contributed by atoms with Crippen molar-refractivity contribution in [3.05, 3.63) is 0 Å². The summed E-state index contributed by atoms with van der Waals surface area (Å²) in [5.41, 5.74) is -1.68. The molecule has 6 nitrogen and oxygen atoms in total. The number of aliphatic hydroxyl groups is 5. The predicted molar refractivity (Wildman–Crippen MR) is 40.5 cm³/mol. The molecule has 0 saturated carbocycles. The van der Waals surface area contributed by atoms with Gasteiger partial charge in [-0.05, 0) is 0 Å². The molecule has 6 N–H and O–H groups in total. The third-order valence-corrected chi connectivity index (χ3v) is 2.88. The van der Waals surface area contributed by atoms with Crippen LogP contribution in [0.1, 0.15) is 6.42 Å². The first-order chi connectivity index (χ1) is 5.96. The summed E-state index contributed by atoms with van der Waals surface area (Å²) in [7, 11) is 0. The van der Waals surface area contributed by atoms with Crippen LogP contribution in [0.3, 0.4) is 0 Å². The molecule has 0 aliphatic carbocycles. The molecular weight excluding hydrogens is 178 g/mol. The molecule has 0 radical (unpaired) electrons. The molecule has 2 rings (SSSR count). The molecular formula is C7H13NO5. The Labute approximate surface area is 74.4 Å². The molecule has 2 heterocycles. The zero-order valence-corrected chi connectivity index (χ0v) is 6.83. The minimum atomic E-state index is -1.68. The van der Waals surface area contributed by atoms with Crippen LogP contribution in [0.4, 0.5) is 0 Å². The molecule has 0 aromatic heterocycles. The second kappa shape index (κ2) is 2.63. The molecule has 0 aromatic carbocycles. The number of fused-ring (bicyclic) bond motifs is 2. The SMILES string of the molecule is O[C@@H]1[C@@H](O)[C@H](O)[C@]2(O)C[C@@H](O)[C@H]1N2. The Bertz CT molecular complexity index is 219. The summed E-state index contributed by atoms with van der Waals surface area (Å²) in [5, 5.41) is 49.6. The lowest BCUT2D eigenvalue weighted by molar-refractivity contribution is -0.187. The van der Waals surface area contributed by atoms with E-state index in [1.807, 2.05) is 0 Å². The maximum absolute atomic E-state index is 9.66. The van der Waals surface area contributed by atoms with Crippen LogP contribution in [0.25, 0.3) is 0 Å². The van der Waals surface area contributed by atoms with Gasteiger partial charge in [-0.2, -0.15) is 0 Å². The van der Waals surface area contributed by atoms with Crippen LogP contribution in [0, 0.1) is 0 Å². The molecule has 6 atom stereocenters. The van der Waals surface area contributed by atoms with E-state index in [0.29, 0.717) is 0 Å². The van der Waals surface area contributed by atoms with Crippen molar-refractivity contribution in [1.29, 1.82) is 0 Å². The van der Waals surface area contributed by atoms with E-state index >= 15 is 0 Å². The summed E-state index contributed by atoms with van der Waals surface area (Å²) in [4.78, 5) is 0. The Kier molecular flexibility index (Phi) is 1.88. The maximum Gasteiger partial charge on any atom is 0.147 e. The van der Waals surface area contributed by atoms with Gasteiger partial charge in [0.25, 0.3) is 0 Å². The first-order valence-corrected chi connectivity index (χ1v) is 4.18. The first kappa shape index (κ1) is 9.32. The molecule has 2 aliphatic heterocycles. The number of aliphatic hydroxyl groups excluding tert-OH is 4. The second-order valence-corrected chi connectivity index (χ2v) is 3.79. The van der Waals surface area contributed by atoms with Crippen LogP contribution < -0.4 is 5.32 Å². The van der Waals surface area contributed by atoms with Gasteiger partial charge in [0.15, 0.2) is 0 Å². The van der Waals surface area contributed by atoms with Crippen molar-refractivity contribution in [2.45, 2.75) is 42.6 Å². The van der Waals surface area contributed by atoms with Crippen molar-refractivity contribution in [3.8, 4) is 0 Å². The van der Waals surface area contributed by atoms with Gasteiger partial charge in [0, 0.05) is 6.42 Å². The summed E-state index contributed by atoms with van der Waals surface area (Å²) in [6.45, 7) is 0. The van der Waals surface area contributed by atoms with Crippen LogP contribution in [-0.4, -0.2) is 61.7 Å². The number of hydrogen-bond donors (Lipinski definition) is 6. The smallest absolute Gasteiger partial charge is 0.147 e. The molecule has 2 aliphatic rings. The van der Waals surface area contributed by atoms with Gasteiger partial charge < -0.3 is 25.5 Å². The van der Waals surface area contributed by atoms with Crippen LogP contribution in [0.2, 0.25) is 0 Å². The topological polar surface area (TPSA) is 113 Å². The number of nitrogens with one attached hydrogen (secondary N) is 1. The van der Waals surface area contributed by atoms with Crippen LogP contribution in [0.15, 0.2) is 0 Å². The highest BCUT2D eigenvalue weighted by atomic mass is 16.4. The molecule has 0 spiro atoms. The van der Waals surface area contributed by atoms with E-state index in [1.54, 1.807) is 0 Å². The van der Waals surface area contributed by atoms with Gasteiger partial charge in [0.2, 0.25) is 0 Å². The fourth-order valence-electron chi connectivity index (χ4n) is 2.09. The lowest BCUT2D eigenvalue weighted by Gasteiger charge is -2.40. The first-order valence-electron chi connectivity index (χ1n) is 4.18. The third kappa shape index (κ3) is 1.11. The van der Waals surface area contributed by atoms with Gasteiger partial charge in [-0.1, -0.05) is 0 Å². The molecule has 0 amide bonds. The fraction of sp³-hybridized carbons (Fsp3) is 1.00. The van der Waals surface area contributed by atoms with Crippen LogP contribution in [-0.2, 0) is 0 Å². The number of piperidine rings is 1. The lowest BCUT2D eigenvalue weighted by Crippen LogP contribution is -2.67. The average Bonchev–Trinajstić information content (AvgIpc) is 2.35. The second-order valence-electron chi connectivity index (χ2n) is 3.79. The van der Waals surface area contributed by atoms with E-state index in [0.717, 1.165) is 0 Å². The van der Waals surface area contributed by atoms with E-state index in [1.165, 1.54) is 0 Å². The third-order valence-electron chi connectivity index (χ3n) is 2.88. The normalized spacial score (nSPS) is 61.2. The fourth-order valence-corrected chi connectivity index (χ4v) is 2.09. The Balaban J connectivity index is 2.30. The minimum Gasteiger partial charge on any atom is -0.391 e. The molecule has 2 saturated heterocycles. The summed E-state index contributed by atoms with van der Waals surface area (Å²) < 4.78 is 0. The highest BCUT2D eigenvalue weighted by molar-refractivity contribution is 5.11. The molecule has 0 aromatic rings. The minimum absolute atomic E-state index is 0.0903. The van der Waals surface area contributed by atoms with Crippen molar-refractivity contribution < 1.29 is 25.5 Å². The zero-order chi connectivity index (χ0) is 9.80. The van der Waals surface area contributed by atoms with Gasteiger partial charge in [-0.15, -0.1) is 0 Å². The lowest BCUT2D eigenvalue weighted by atomic mass is 9.94. The summed E-state index contributed by atoms with van der Waals surface area (Å²) in [6.07, 6.45) is -5.20. The molecule has 2 bridgehead atoms.